The minimum Gasteiger partial charge on any atom is -0.477 e. The number of carboxylic acids is 1. The summed E-state index contributed by atoms with van der Waals surface area (Å²) in [6, 6.07) is 0. The fourth-order valence-electron chi connectivity index (χ4n) is 1.13. The van der Waals surface area contributed by atoms with Crippen molar-refractivity contribution in [2.45, 2.75) is 12.3 Å². The van der Waals surface area contributed by atoms with E-state index >= 15 is 0 Å². The fraction of sp³-hybridized carbons (Fsp3) is 0.875. The Labute approximate surface area is 79.8 Å². The summed E-state index contributed by atoms with van der Waals surface area (Å²) in [5, 5.41) is 8.08. The van der Waals surface area contributed by atoms with Crippen molar-refractivity contribution in [3.63, 3.8) is 0 Å². The maximum atomic E-state index is 12.5. The number of rotatable bonds is 5. The minimum atomic E-state index is -3.79. The number of hydrogen-bond donors (Lipinski definition) is 1. The lowest BCUT2D eigenvalue weighted by molar-refractivity contribution is -0.174. The van der Waals surface area contributed by atoms with Gasteiger partial charge >= 0.3 is 11.9 Å². The van der Waals surface area contributed by atoms with Crippen LogP contribution >= 0.6 is 0 Å². The van der Waals surface area contributed by atoms with Gasteiger partial charge in [0, 0.05) is 12.5 Å². The smallest absolute Gasteiger partial charge is 0.377 e. The summed E-state index contributed by atoms with van der Waals surface area (Å²) in [6.07, 6.45) is 0.776. The van der Waals surface area contributed by atoms with E-state index in [1.807, 2.05) is 0 Å². The third kappa shape index (κ3) is 3.19. The van der Waals surface area contributed by atoms with Crippen molar-refractivity contribution in [3.05, 3.63) is 0 Å². The Hall–Kier alpha value is -0.750. The zero-order valence-electron chi connectivity index (χ0n) is 7.54. The second-order valence-corrected chi connectivity index (χ2v) is 3.25. The molecule has 1 rings (SSSR count). The van der Waals surface area contributed by atoms with Gasteiger partial charge in [-0.2, -0.15) is 8.78 Å². The van der Waals surface area contributed by atoms with Crippen LogP contribution in [0.2, 0.25) is 0 Å². The first-order valence-electron chi connectivity index (χ1n) is 4.29. The second-order valence-electron chi connectivity index (χ2n) is 3.25. The van der Waals surface area contributed by atoms with Crippen molar-refractivity contribution in [2.75, 3.05) is 26.4 Å². The van der Waals surface area contributed by atoms with Crippen LogP contribution in [0, 0.1) is 5.92 Å². The number of hydrogen-bond acceptors (Lipinski definition) is 3. The molecule has 1 fully saturated rings. The molecule has 4 nitrogen and oxygen atoms in total. The predicted molar refractivity (Wildman–Crippen MR) is 42.3 cm³/mol. The first kappa shape index (κ1) is 11.3. The molecule has 0 spiro atoms. The summed E-state index contributed by atoms with van der Waals surface area (Å²) < 4.78 is 34.6. The van der Waals surface area contributed by atoms with Crippen LogP contribution in [0.15, 0.2) is 0 Å². The van der Waals surface area contributed by atoms with Crippen molar-refractivity contribution in [3.8, 4) is 0 Å². The van der Waals surface area contributed by atoms with Gasteiger partial charge in [0.2, 0.25) is 0 Å². The molecule has 1 atom stereocenters. The van der Waals surface area contributed by atoms with E-state index < -0.39 is 18.5 Å². The molecule has 1 N–H and O–H groups in total. The zero-order valence-corrected chi connectivity index (χ0v) is 7.54. The predicted octanol–water partition coefficient (Wildman–Crippen LogP) is 0.759. The number of aliphatic carboxylic acids is 1. The van der Waals surface area contributed by atoms with E-state index in [9.17, 15) is 13.6 Å². The molecule has 0 saturated carbocycles. The van der Waals surface area contributed by atoms with E-state index in [0.29, 0.717) is 13.2 Å². The zero-order chi connectivity index (χ0) is 10.6. The molecule has 0 aromatic rings. The number of carboxylic acid groups (broad SMARTS) is 1. The third-order valence-corrected chi connectivity index (χ3v) is 1.97. The Balaban J connectivity index is 2.16. The lowest BCUT2D eigenvalue weighted by Crippen LogP contribution is -2.34. The summed E-state index contributed by atoms with van der Waals surface area (Å²) in [5.74, 6) is -5.83. The van der Waals surface area contributed by atoms with Crippen LogP contribution in [0.25, 0.3) is 0 Å². The average Bonchev–Trinajstić information content (AvgIpc) is 2.56. The molecule has 1 aliphatic heterocycles. The molecule has 14 heavy (non-hydrogen) atoms. The molecule has 0 amide bonds. The summed E-state index contributed by atoms with van der Waals surface area (Å²) in [5.41, 5.74) is 0. The molecule has 0 aliphatic carbocycles. The molecular formula is C8H12F2O4. The lowest BCUT2D eigenvalue weighted by atomic mass is 10.1. The van der Waals surface area contributed by atoms with E-state index in [1.165, 1.54) is 0 Å². The molecule has 0 radical (unpaired) electrons. The maximum Gasteiger partial charge on any atom is 0.377 e. The van der Waals surface area contributed by atoms with E-state index in [1.54, 1.807) is 0 Å². The van der Waals surface area contributed by atoms with E-state index in [2.05, 4.69) is 4.74 Å². The van der Waals surface area contributed by atoms with E-state index in [4.69, 9.17) is 9.84 Å². The first-order valence-corrected chi connectivity index (χ1v) is 4.29. The number of halogens is 2. The molecule has 0 aromatic heterocycles. The highest BCUT2D eigenvalue weighted by atomic mass is 19.3. The van der Waals surface area contributed by atoms with Crippen molar-refractivity contribution < 1.29 is 28.2 Å². The average molecular weight is 210 g/mol. The Morgan fingerprint density at radius 1 is 1.64 bits per heavy atom. The van der Waals surface area contributed by atoms with Crippen LogP contribution in [-0.4, -0.2) is 43.4 Å². The molecule has 0 bridgehead atoms. The summed E-state index contributed by atoms with van der Waals surface area (Å²) >= 11 is 0. The highest BCUT2D eigenvalue weighted by Crippen LogP contribution is 2.16. The Bertz CT molecular complexity index is 202. The van der Waals surface area contributed by atoms with Gasteiger partial charge in [-0.1, -0.05) is 0 Å². The van der Waals surface area contributed by atoms with Gasteiger partial charge in [-0.15, -0.1) is 0 Å². The molecule has 1 heterocycles. The van der Waals surface area contributed by atoms with Crippen molar-refractivity contribution in [2.24, 2.45) is 5.92 Å². The highest BCUT2D eigenvalue weighted by molar-refractivity contribution is 5.75. The molecule has 1 aliphatic rings. The first-order chi connectivity index (χ1) is 6.52. The fourth-order valence-corrected chi connectivity index (χ4v) is 1.13. The summed E-state index contributed by atoms with van der Waals surface area (Å²) in [4.78, 5) is 9.99. The molecule has 82 valence electrons. The Kier molecular flexibility index (Phi) is 3.77. The van der Waals surface area contributed by atoms with Crippen molar-refractivity contribution in [1.29, 1.82) is 0 Å². The summed E-state index contributed by atoms with van der Waals surface area (Å²) in [7, 11) is 0. The SMILES string of the molecule is O=C(O)C(F)(F)COCC1CCOC1. The van der Waals surface area contributed by atoms with Gasteiger partial charge in [-0.05, 0) is 6.42 Å². The van der Waals surface area contributed by atoms with Gasteiger partial charge in [0.1, 0.15) is 6.61 Å². The largest absolute Gasteiger partial charge is 0.477 e. The number of carbonyl (C=O) groups is 1. The Morgan fingerprint density at radius 2 is 2.36 bits per heavy atom. The van der Waals surface area contributed by atoms with Gasteiger partial charge in [-0.3, -0.25) is 0 Å². The van der Waals surface area contributed by atoms with Gasteiger partial charge in [0.25, 0.3) is 0 Å². The van der Waals surface area contributed by atoms with Crippen LogP contribution in [0.1, 0.15) is 6.42 Å². The Morgan fingerprint density at radius 3 is 2.86 bits per heavy atom. The highest BCUT2D eigenvalue weighted by Gasteiger charge is 2.39. The summed E-state index contributed by atoms with van der Waals surface area (Å²) in [6.45, 7) is 0.170. The van der Waals surface area contributed by atoms with Crippen molar-refractivity contribution >= 4 is 5.97 Å². The maximum absolute atomic E-state index is 12.5. The molecule has 1 unspecified atom stereocenters. The molecule has 0 aromatic carbocycles. The number of ether oxygens (including phenoxy) is 2. The topological polar surface area (TPSA) is 55.8 Å². The molecule has 1 saturated heterocycles. The van der Waals surface area contributed by atoms with Crippen molar-refractivity contribution in [1.82, 2.24) is 0 Å². The van der Waals surface area contributed by atoms with Gasteiger partial charge < -0.3 is 14.6 Å². The normalized spacial score (nSPS) is 22.6. The molecular weight excluding hydrogens is 198 g/mol. The van der Waals surface area contributed by atoms with Gasteiger partial charge in [0.05, 0.1) is 13.2 Å². The van der Waals surface area contributed by atoms with E-state index in [-0.39, 0.29) is 12.5 Å². The van der Waals surface area contributed by atoms with Crippen LogP contribution in [0.5, 0.6) is 0 Å². The van der Waals surface area contributed by atoms with Gasteiger partial charge in [-0.25, -0.2) is 4.79 Å². The van der Waals surface area contributed by atoms with Crippen LogP contribution in [-0.2, 0) is 14.3 Å². The van der Waals surface area contributed by atoms with Crippen LogP contribution in [0.4, 0.5) is 8.78 Å². The second kappa shape index (κ2) is 4.65. The van der Waals surface area contributed by atoms with Crippen LogP contribution in [0.3, 0.4) is 0 Å². The molecule has 6 heteroatoms. The third-order valence-electron chi connectivity index (χ3n) is 1.97. The number of alkyl halides is 2. The monoisotopic (exact) mass is 210 g/mol. The lowest BCUT2D eigenvalue weighted by Gasteiger charge is -2.13. The van der Waals surface area contributed by atoms with E-state index in [0.717, 1.165) is 6.42 Å². The quantitative estimate of drug-likeness (QED) is 0.727. The van der Waals surface area contributed by atoms with Gasteiger partial charge in [0.15, 0.2) is 0 Å². The minimum absolute atomic E-state index is 0.111. The standard InChI is InChI=1S/C8H12F2O4/c9-8(10,7(11)12)5-14-4-6-1-2-13-3-6/h6H,1-5H2,(H,11,12). The van der Waals surface area contributed by atoms with Crippen LogP contribution < -0.4 is 0 Å².